The molecule has 1 heterocycles. The highest BCUT2D eigenvalue weighted by Gasteiger charge is 2.09. The minimum atomic E-state index is 0.697. The van der Waals surface area contributed by atoms with Crippen molar-refractivity contribution in [3.63, 3.8) is 0 Å². The molecule has 0 atom stereocenters. The number of methoxy groups -OCH3 is 1. The van der Waals surface area contributed by atoms with Crippen LogP contribution < -0.4 is 15.8 Å². The van der Waals surface area contributed by atoms with Crippen LogP contribution in [0.5, 0.6) is 5.75 Å². The first-order valence-electron chi connectivity index (χ1n) is 6.19. The van der Waals surface area contributed by atoms with Crippen molar-refractivity contribution in [1.29, 1.82) is 0 Å². The molecule has 1 aromatic carbocycles. The van der Waals surface area contributed by atoms with Crippen LogP contribution in [0.1, 0.15) is 17.0 Å². The van der Waals surface area contributed by atoms with Gasteiger partial charge in [0.15, 0.2) is 0 Å². The Hall–Kier alpha value is -2.17. The van der Waals surface area contributed by atoms with Crippen LogP contribution >= 0.6 is 0 Å². The van der Waals surface area contributed by atoms with Gasteiger partial charge in [0.05, 0.1) is 24.2 Å². The molecule has 0 amide bonds. The Morgan fingerprint density at radius 2 is 2.11 bits per heavy atom. The second-order valence-corrected chi connectivity index (χ2v) is 4.58. The van der Waals surface area contributed by atoms with Crippen molar-refractivity contribution in [1.82, 2.24) is 9.78 Å². The zero-order valence-corrected chi connectivity index (χ0v) is 11.8. The van der Waals surface area contributed by atoms with Gasteiger partial charge in [0.25, 0.3) is 0 Å². The number of anilines is 2. The molecule has 0 saturated heterocycles. The van der Waals surface area contributed by atoms with E-state index in [1.54, 1.807) is 7.11 Å². The van der Waals surface area contributed by atoms with E-state index in [1.807, 2.05) is 36.9 Å². The van der Waals surface area contributed by atoms with Gasteiger partial charge in [0.1, 0.15) is 5.75 Å². The third kappa shape index (κ3) is 2.65. The highest BCUT2D eigenvalue weighted by Crippen LogP contribution is 2.25. The van der Waals surface area contributed by atoms with Crippen LogP contribution in [0.25, 0.3) is 0 Å². The fourth-order valence-electron chi connectivity index (χ4n) is 2.07. The van der Waals surface area contributed by atoms with Crippen LogP contribution in [0.15, 0.2) is 18.2 Å². The second-order valence-electron chi connectivity index (χ2n) is 4.58. The summed E-state index contributed by atoms with van der Waals surface area (Å²) in [6.07, 6.45) is 0. The van der Waals surface area contributed by atoms with Crippen molar-refractivity contribution in [2.75, 3.05) is 18.2 Å². The average Bonchev–Trinajstić information content (AvgIpc) is 2.63. The number of hydrogen-bond donors (Lipinski definition) is 2. The highest BCUT2D eigenvalue weighted by molar-refractivity contribution is 5.68. The van der Waals surface area contributed by atoms with Gasteiger partial charge in [-0.2, -0.15) is 5.10 Å². The number of benzene rings is 1. The fourth-order valence-corrected chi connectivity index (χ4v) is 2.07. The molecule has 0 aliphatic heterocycles. The lowest BCUT2D eigenvalue weighted by Crippen LogP contribution is -2.04. The van der Waals surface area contributed by atoms with E-state index in [1.165, 1.54) is 5.56 Å². The van der Waals surface area contributed by atoms with Gasteiger partial charge in [0.2, 0.25) is 0 Å². The summed E-state index contributed by atoms with van der Waals surface area (Å²) in [4.78, 5) is 0. The highest BCUT2D eigenvalue weighted by atomic mass is 16.5. The van der Waals surface area contributed by atoms with E-state index in [4.69, 9.17) is 10.5 Å². The van der Waals surface area contributed by atoms with Crippen LogP contribution in [-0.4, -0.2) is 16.9 Å². The molecule has 0 spiro atoms. The van der Waals surface area contributed by atoms with Gasteiger partial charge in [-0.05, 0) is 26.0 Å². The van der Waals surface area contributed by atoms with Crippen LogP contribution in [0.3, 0.4) is 0 Å². The first-order valence-corrected chi connectivity index (χ1v) is 6.19. The third-order valence-electron chi connectivity index (χ3n) is 3.37. The molecule has 2 aromatic rings. The summed E-state index contributed by atoms with van der Waals surface area (Å²) in [5.41, 5.74) is 10.9. The third-order valence-corrected chi connectivity index (χ3v) is 3.37. The predicted molar refractivity (Wildman–Crippen MR) is 77.4 cm³/mol. The summed E-state index contributed by atoms with van der Waals surface area (Å²) in [6.45, 7) is 4.77. The summed E-state index contributed by atoms with van der Waals surface area (Å²) in [6, 6.07) is 5.58. The zero-order valence-electron chi connectivity index (χ0n) is 11.8. The smallest absolute Gasteiger partial charge is 0.121 e. The van der Waals surface area contributed by atoms with Gasteiger partial charge in [-0.15, -0.1) is 0 Å². The van der Waals surface area contributed by atoms with Crippen molar-refractivity contribution >= 4 is 11.4 Å². The minimum Gasteiger partial charge on any atom is -0.497 e. The fraction of sp³-hybridized carbons (Fsp3) is 0.357. The molecule has 0 saturated carbocycles. The van der Waals surface area contributed by atoms with E-state index in [9.17, 15) is 0 Å². The van der Waals surface area contributed by atoms with E-state index in [0.29, 0.717) is 12.2 Å². The molecule has 0 aliphatic carbocycles. The van der Waals surface area contributed by atoms with Crippen LogP contribution in [0.2, 0.25) is 0 Å². The van der Waals surface area contributed by atoms with Gasteiger partial charge in [-0.1, -0.05) is 0 Å². The Morgan fingerprint density at radius 3 is 2.68 bits per heavy atom. The molecule has 0 aliphatic rings. The predicted octanol–water partition coefficient (Wildman–Crippen LogP) is 2.24. The molecule has 0 bridgehead atoms. The van der Waals surface area contributed by atoms with E-state index < -0.39 is 0 Å². The number of nitrogens with two attached hydrogens (primary N) is 1. The number of nitrogen functional groups attached to an aromatic ring is 1. The molecule has 0 fully saturated rings. The van der Waals surface area contributed by atoms with Crippen molar-refractivity contribution in [2.45, 2.75) is 20.4 Å². The SMILES string of the molecule is COc1ccc(N)c(NCc2c(C)nn(C)c2C)c1. The van der Waals surface area contributed by atoms with Gasteiger partial charge in [-0.3, -0.25) is 4.68 Å². The van der Waals surface area contributed by atoms with E-state index in [2.05, 4.69) is 17.3 Å². The lowest BCUT2D eigenvalue weighted by molar-refractivity contribution is 0.415. The monoisotopic (exact) mass is 260 g/mol. The molecule has 102 valence electrons. The molecule has 1 aromatic heterocycles. The number of aromatic nitrogens is 2. The van der Waals surface area contributed by atoms with Crippen molar-refractivity contribution in [2.24, 2.45) is 7.05 Å². The molecule has 5 heteroatoms. The second kappa shape index (κ2) is 5.22. The van der Waals surface area contributed by atoms with Crippen LogP contribution in [0.4, 0.5) is 11.4 Å². The molecule has 19 heavy (non-hydrogen) atoms. The number of nitrogens with one attached hydrogen (secondary N) is 1. The normalized spacial score (nSPS) is 10.5. The summed E-state index contributed by atoms with van der Waals surface area (Å²) in [5, 5.41) is 7.74. The number of ether oxygens (including phenoxy) is 1. The molecule has 5 nitrogen and oxygen atoms in total. The zero-order chi connectivity index (χ0) is 14.0. The summed E-state index contributed by atoms with van der Waals surface area (Å²) in [5.74, 6) is 0.788. The van der Waals surface area contributed by atoms with Crippen molar-refractivity contribution in [3.8, 4) is 5.75 Å². The van der Waals surface area contributed by atoms with E-state index in [-0.39, 0.29) is 0 Å². The Balaban J connectivity index is 2.18. The van der Waals surface area contributed by atoms with Gasteiger partial charge in [-0.25, -0.2) is 0 Å². The number of rotatable bonds is 4. The maximum absolute atomic E-state index is 5.95. The van der Waals surface area contributed by atoms with E-state index in [0.717, 1.165) is 22.8 Å². The Kier molecular flexibility index (Phi) is 3.64. The topological polar surface area (TPSA) is 65.1 Å². The summed E-state index contributed by atoms with van der Waals surface area (Å²) < 4.78 is 7.09. The first kappa shape index (κ1) is 13.3. The number of hydrogen-bond acceptors (Lipinski definition) is 4. The standard InChI is InChI=1S/C14H20N4O/c1-9-12(10(2)18(3)17-9)8-16-14-7-11(19-4)5-6-13(14)15/h5-7,16H,8,15H2,1-4H3. The Morgan fingerprint density at radius 1 is 1.37 bits per heavy atom. The molecular weight excluding hydrogens is 240 g/mol. The van der Waals surface area contributed by atoms with Crippen LogP contribution in [-0.2, 0) is 13.6 Å². The number of aryl methyl sites for hydroxylation is 2. The van der Waals surface area contributed by atoms with Crippen molar-refractivity contribution in [3.05, 3.63) is 35.2 Å². The average molecular weight is 260 g/mol. The lowest BCUT2D eigenvalue weighted by atomic mass is 10.2. The minimum absolute atomic E-state index is 0.697. The van der Waals surface area contributed by atoms with Crippen LogP contribution in [0, 0.1) is 13.8 Å². The van der Waals surface area contributed by atoms with Gasteiger partial charge < -0.3 is 15.8 Å². The Bertz CT molecular complexity index is 589. The summed E-state index contributed by atoms with van der Waals surface area (Å²) >= 11 is 0. The van der Waals surface area contributed by atoms with Crippen molar-refractivity contribution < 1.29 is 4.74 Å². The first-order chi connectivity index (χ1) is 9.02. The molecule has 0 unspecified atom stereocenters. The maximum Gasteiger partial charge on any atom is 0.121 e. The molecule has 3 N–H and O–H groups in total. The Labute approximate surface area is 113 Å². The lowest BCUT2D eigenvalue weighted by Gasteiger charge is -2.11. The largest absolute Gasteiger partial charge is 0.497 e. The molecule has 0 radical (unpaired) electrons. The van der Waals surface area contributed by atoms with Gasteiger partial charge >= 0.3 is 0 Å². The van der Waals surface area contributed by atoms with Gasteiger partial charge in [0, 0.05) is 30.9 Å². The molecular formula is C14H20N4O. The quantitative estimate of drug-likeness (QED) is 0.827. The van der Waals surface area contributed by atoms with E-state index >= 15 is 0 Å². The summed E-state index contributed by atoms with van der Waals surface area (Å²) in [7, 11) is 3.59. The number of nitrogens with zero attached hydrogens (tertiary/aromatic N) is 2. The maximum atomic E-state index is 5.95. The molecule has 2 rings (SSSR count).